The van der Waals surface area contributed by atoms with Gasteiger partial charge in [0.15, 0.2) is 6.61 Å². The zero-order chi connectivity index (χ0) is 20.5. The van der Waals surface area contributed by atoms with Crippen LogP contribution in [0.4, 0.5) is 0 Å². The van der Waals surface area contributed by atoms with Crippen molar-refractivity contribution in [1.82, 2.24) is 5.43 Å². The first-order chi connectivity index (χ1) is 14.1. The van der Waals surface area contributed by atoms with Gasteiger partial charge in [-0.25, -0.2) is 5.43 Å². The Morgan fingerprint density at radius 1 is 0.931 bits per heavy atom. The van der Waals surface area contributed by atoms with Gasteiger partial charge < -0.3 is 9.47 Å². The first kappa shape index (κ1) is 20.1. The fraction of sp³-hybridized carbons (Fsp3) is 0.167. The lowest BCUT2D eigenvalue weighted by Crippen LogP contribution is -2.25. The number of rotatable bonds is 8. The standard InChI is InChI=1S/C24H24N2O3/c1-18-8-6-9-19(2)24(18)29-17-23(27)26-25-15-21-12-7-13-22(14-21)28-16-20-10-4-3-5-11-20/h3-15H,16-17H2,1-2H3,(H,26,27)/b25-15+. The zero-order valence-electron chi connectivity index (χ0n) is 16.6. The van der Waals surface area contributed by atoms with E-state index in [0.717, 1.165) is 33.8 Å². The second kappa shape index (κ2) is 10.1. The Balaban J connectivity index is 1.49. The molecule has 0 aliphatic carbocycles. The number of amides is 1. The Morgan fingerprint density at radius 2 is 1.66 bits per heavy atom. The molecule has 0 radical (unpaired) electrons. The summed E-state index contributed by atoms with van der Waals surface area (Å²) in [6.07, 6.45) is 1.58. The Labute approximate surface area is 171 Å². The third kappa shape index (κ3) is 6.21. The van der Waals surface area contributed by atoms with Gasteiger partial charge in [-0.05, 0) is 48.2 Å². The molecule has 3 aromatic rings. The number of carbonyl (C=O) groups excluding carboxylic acids is 1. The third-order valence-electron chi connectivity index (χ3n) is 4.27. The molecule has 0 saturated heterocycles. The van der Waals surface area contributed by atoms with Gasteiger partial charge in [-0.2, -0.15) is 5.10 Å². The summed E-state index contributed by atoms with van der Waals surface area (Å²) in [5.74, 6) is 1.15. The summed E-state index contributed by atoms with van der Waals surface area (Å²) in [6, 6.07) is 23.3. The van der Waals surface area contributed by atoms with Crippen LogP contribution in [0.3, 0.4) is 0 Å². The maximum atomic E-state index is 12.0. The van der Waals surface area contributed by atoms with Gasteiger partial charge in [-0.3, -0.25) is 4.79 Å². The highest BCUT2D eigenvalue weighted by molar-refractivity contribution is 5.83. The molecule has 148 valence electrons. The van der Waals surface area contributed by atoms with E-state index in [-0.39, 0.29) is 12.5 Å². The average Bonchev–Trinajstić information content (AvgIpc) is 2.73. The van der Waals surface area contributed by atoms with E-state index in [1.54, 1.807) is 6.21 Å². The summed E-state index contributed by atoms with van der Waals surface area (Å²) < 4.78 is 11.4. The van der Waals surface area contributed by atoms with Crippen molar-refractivity contribution in [2.75, 3.05) is 6.61 Å². The molecule has 1 N–H and O–H groups in total. The van der Waals surface area contributed by atoms with Crippen molar-refractivity contribution in [1.29, 1.82) is 0 Å². The Morgan fingerprint density at radius 3 is 2.41 bits per heavy atom. The molecule has 0 atom stereocenters. The van der Waals surface area contributed by atoms with Gasteiger partial charge in [0.25, 0.3) is 5.91 Å². The average molecular weight is 388 g/mol. The molecule has 0 aliphatic rings. The summed E-state index contributed by atoms with van der Waals surface area (Å²) in [4.78, 5) is 12.0. The molecule has 0 aliphatic heterocycles. The quantitative estimate of drug-likeness (QED) is 0.459. The first-order valence-electron chi connectivity index (χ1n) is 9.39. The van der Waals surface area contributed by atoms with E-state index in [1.807, 2.05) is 86.6 Å². The van der Waals surface area contributed by atoms with E-state index in [9.17, 15) is 4.79 Å². The van der Waals surface area contributed by atoms with Crippen LogP contribution in [0.1, 0.15) is 22.3 Å². The number of hydrazone groups is 1. The topological polar surface area (TPSA) is 59.9 Å². The number of nitrogens with one attached hydrogen (secondary N) is 1. The van der Waals surface area contributed by atoms with E-state index >= 15 is 0 Å². The molecular weight excluding hydrogens is 364 g/mol. The number of para-hydroxylation sites is 1. The van der Waals surface area contributed by atoms with Crippen LogP contribution < -0.4 is 14.9 Å². The molecule has 0 unspecified atom stereocenters. The summed E-state index contributed by atoms with van der Waals surface area (Å²) >= 11 is 0. The van der Waals surface area contributed by atoms with Crippen LogP contribution in [0, 0.1) is 13.8 Å². The van der Waals surface area contributed by atoms with E-state index in [2.05, 4.69) is 10.5 Å². The molecule has 3 aromatic carbocycles. The lowest BCUT2D eigenvalue weighted by molar-refractivity contribution is -0.123. The molecule has 0 bridgehead atoms. The van der Waals surface area contributed by atoms with Crippen LogP contribution in [0.5, 0.6) is 11.5 Å². The van der Waals surface area contributed by atoms with Crippen molar-refractivity contribution in [2.45, 2.75) is 20.5 Å². The van der Waals surface area contributed by atoms with Gasteiger partial charge in [-0.15, -0.1) is 0 Å². The molecule has 0 saturated carbocycles. The van der Waals surface area contributed by atoms with Crippen molar-refractivity contribution in [3.63, 3.8) is 0 Å². The predicted octanol–water partition coefficient (Wildman–Crippen LogP) is 4.41. The molecule has 5 nitrogen and oxygen atoms in total. The molecule has 0 aromatic heterocycles. The maximum Gasteiger partial charge on any atom is 0.277 e. The smallest absolute Gasteiger partial charge is 0.277 e. The number of ether oxygens (including phenoxy) is 2. The lowest BCUT2D eigenvalue weighted by Gasteiger charge is -2.10. The molecule has 1 amide bonds. The van der Waals surface area contributed by atoms with Gasteiger partial charge in [0.1, 0.15) is 18.1 Å². The normalized spacial score (nSPS) is 10.7. The van der Waals surface area contributed by atoms with Gasteiger partial charge >= 0.3 is 0 Å². The van der Waals surface area contributed by atoms with Crippen molar-refractivity contribution in [3.05, 3.63) is 95.1 Å². The third-order valence-corrected chi connectivity index (χ3v) is 4.27. The number of aryl methyl sites for hydroxylation is 2. The molecule has 0 spiro atoms. The first-order valence-corrected chi connectivity index (χ1v) is 9.39. The van der Waals surface area contributed by atoms with Crippen LogP contribution in [0.15, 0.2) is 77.9 Å². The lowest BCUT2D eigenvalue weighted by atomic mass is 10.1. The second-order valence-electron chi connectivity index (χ2n) is 6.65. The van der Waals surface area contributed by atoms with E-state index in [1.165, 1.54) is 0 Å². The van der Waals surface area contributed by atoms with Crippen LogP contribution in [-0.2, 0) is 11.4 Å². The van der Waals surface area contributed by atoms with Crippen molar-refractivity contribution < 1.29 is 14.3 Å². The van der Waals surface area contributed by atoms with Gasteiger partial charge in [-0.1, -0.05) is 60.7 Å². The van der Waals surface area contributed by atoms with Gasteiger partial charge in [0, 0.05) is 0 Å². The van der Waals surface area contributed by atoms with Crippen LogP contribution >= 0.6 is 0 Å². The summed E-state index contributed by atoms with van der Waals surface area (Å²) in [6.45, 7) is 4.30. The van der Waals surface area contributed by atoms with Gasteiger partial charge in [0.2, 0.25) is 0 Å². The Kier molecular flexibility index (Phi) is 7.00. The van der Waals surface area contributed by atoms with E-state index in [4.69, 9.17) is 9.47 Å². The van der Waals surface area contributed by atoms with Crippen LogP contribution in [0.2, 0.25) is 0 Å². The fourth-order valence-electron chi connectivity index (χ4n) is 2.80. The molecule has 0 heterocycles. The number of hydrogen-bond donors (Lipinski definition) is 1. The number of hydrogen-bond acceptors (Lipinski definition) is 4. The zero-order valence-corrected chi connectivity index (χ0v) is 16.6. The SMILES string of the molecule is Cc1cccc(C)c1OCC(=O)N/N=C/c1cccc(OCc2ccccc2)c1. The Bertz CT molecular complexity index is 964. The van der Waals surface area contributed by atoms with Crippen LogP contribution in [-0.4, -0.2) is 18.7 Å². The van der Waals surface area contributed by atoms with Crippen LogP contribution in [0.25, 0.3) is 0 Å². The van der Waals surface area contributed by atoms with Gasteiger partial charge in [0.05, 0.1) is 6.21 Å². The van der Waals surface area contributed by atoms with E-state index in [0.29, 0.717) is 6.61 Å². The minimum Gasteiger partial charge on any atom is -0.489 e. The number of carbonyl (C=O) groups is 1. The molecule has 0 fully saturated rings. The minimum absolute atomic E-state index is 0.0940. The second-order valence-corrected chi connectivity index (χ2v) is 6.65. The molecular formula is C24H24N2O3. The summed E-state index contributed by atoms with van der Waals surface area (Å²) in [5.41, 5.74) is 6.40. The summed E-state index contributed by atoms with van der Waals surface area (Å²) in [5, 5.41) is 4.00. The number of nitrogens with zero attached hydrogens (tertiary/aromatic N) is 1. The van der Waals surface area contributed by atoms with Crippen molar-refractivity contribution >= 4 is 12.1 Å². The molecule has 29 heavy (non-hydrogen) atoms. The molecule has 5 heteroatoms. The highest BCUT2D eigenvalue weighted by Gasteiger charge is 2.06. The van der Waals surface area contributed by atoms with Crippen molar-refractivity contribution in [3.8, 4) is 11.5 Å². The van der Waals surface area contributed by atoms with Crippen molar-refractivity contribution in [2.24, 2.45) is 5.10 Å². The monoisotopic (exact) mass is 388 g/mol. The highest BCUT2D eigenvalue weighted by atomic mass is 16.5. The molecule has 3 rings (SSSR count). The fourth-order valence-corrected chi connectivity index (χ4v) is 2.80. The predicted molar refractivity (Wildman–Crippen MR) is 114 cm³/mol. The Hall–Kier alpha value is -3.60. The summed E-state index contributed by atoms with van der Waals surface area (Å²) in [7, 11) is 0. The maximum absolute atomic E-state index is 12.0. The largest absolute Gasteiger partial charge is 0.489 e. The highest BCUT2D eigenvalue weighted by Crippen LogP contribution is 2.22. The van der Waals surface area contributed by atoms with E-state index < -0.39 is 0 Å². The number of benzene rings is 3. The minimum atomic E-state index is -0.319.